The van der Waals surface area contributed by atoms with Crippen LogP contribution in [0.25, 0.3) is 5.65 Å². The minimum Gasteiger partial charge on any atom is -0.336 e. The normalized spacial score (nSPS) is 11.4. The number of nitrogens with one attached hydrogen (secondary N) is 2. The van der Waals surface area contributed by atoms with Crippen LogP contribution < -0.4 is 5.32 Å². The predicted molar refractivity (Wildman–Crippen MR) is 75.9 cm³/mol. The summed E-state index contributed by atoms with van der Waals surface area (Å²) in [6.07, 6.45) is 3.97. The molecule has 0 bridgehead atoms. The van der Waals surface area contributed by atoms with Crippen molar-refractivity contribution in [2.75, 3.05) is 5.32 Å². The average Bonchev–Trinajstić information content (AvgIpc) is 2.96. The summed E-state index contributed by atoms with van der Waals surface area (Å²) in [7, 11) is 0. The number of rotatable bonds is 3. The lowest BCUT2D eigenvalue weighted by Gasteiger charge is -2.07. The number of pyridine rings is 1. The van der Waals surface area contributed by atoms with Gasteiger partial charge in [-0.1, -0.05) is 13.8 Å². The van der Waals surface area contributed by atoms with Gasteiger partial charge in [0.25, 0.3) is 0 Å². The highest BCUT2D eigenvalue weighted by atomic mass is 15.2. The molecule has 0 saturated heterocycles. The van der Waals surface area contributed by atoms with Crippen molar-refractivity contribution in [1.82, 2.24) is 19.6 Å². The number of hydrogen-bond acceptors (Lipinski definition) is 3. The molecular formula is C14H17N5. The van der Waals surface area contributed by atoms with Gasteiger partial charge in [-0.15, -0.1) is 0 Å². The maximum absolute atomic E-state index is 4.51. The fourth-order valence-corrected chi connectivity index (χ4v) is 2.17. The molecule has 0 radical (unpaired) electrons. The summed E-state index contributed by atoms with van der Waals surface area (Å²) in [5.74, 6) is 1.25. The van der Waals surface area contributed by atoms with E-state index in [1.807, 2.05) is 37.5 Å². The first-order valence-electron chi connectivity index (χ1n) is 6.40. The zero-order valence-corrected chi connectivity index (χ0v) is 11.3. The Bertz CT molecular complexity index is 708. The summed E-state index contributed by atoms with van der Waals surface area (Å²) < 4.78 is 2.12. The Morgan fingerprint density at radius 2 is 2.21 bits per heavy atom. The molecule has 3 aromatic heterocycles. The minimum absolute atomic E-state index is 0.442. The van der Waals surface area contributed by atoms with E-state index in [2.05, 4.69) is 38.7 Å². The van der Waals surface area contributed by atoms with E-state index >= 15 is 0 Å². The van der Waals surface area contributed by atoms with E-state index in [0.29, 0.717) is 5.92 Å². The molecule has 0 saturated carbocycles. The standard InChI is InChI=1S/C14H17N5/c1-9(2)12-8-15-14-11(5-4-6-19(12)14)16-13-7-10(3)17-18-13/h4-9H,1-3H3,(H2,16,17,18). The second-order valence-electron chi connectivity index (χ2n) is 5.01. The molecule has 2 N–H and O–H groups in total. The zero-order valence-electron chi connectivity index (χ0n) is 11.3. The van der Waals surface area contributed by atoms with Crippen LogP contribution in [-0.2, 0) is 0 Å². The van der Waals surface area contributed by atoms with Gasteiger partial charge in [0.15, 0.2) is 11.5 Å². The lowest BCUT2D eigenvalue weighted by molar-refractivity contribution is 0.809. The molecule has 3 rings (SSSR count). The molecule has 5 heteroatoms. The first kappa shape index (κ1) is 11.8. The van der Waals surface area contributed by atoms with Crippen LogP contribution in [0.3, 0.4) is 0 Å². The fraction of sp³-hybridized carbons (Fsp3) is 0.286. The monoisotopic (exact) mass is 255 g/mol. The third-order valence-corrected chi connectivity index (χ3v) is 3.12. The summed E-state index contributed by atoms with van der Waals surface area (Å²) >= 11 is 0. The van der Waals surface area contributed by atoms with Crippen LogP contribution in [0.5, 0.6) is 0 Å². The number of anilines is 2. The van der Waals surface area contributed by atoms with Crippen LogP contribution >= 0.6 is 0 Å². The van der Waals surface area contributed by atoms with Gasteiger partial charge in [-0.05, 0) is 25.0 Å². The van der Waals surface area contributed by atoms with Crippen molar-refractivity contribution in [2.45, 2.75) is 26.7 Å². The molecule has 0 aromatic carbocycles. The Balaban J connectivity index is 2.04. The molecule has 3 heterocycles. The third kappa shape index (κ3) is 2.07. The summed E-state index contributed by atoms with van der Waals surface area (Å²) in [4.78, 5) is 4.51. The highest BCUT2D eigenvalue weighted by molar-refractivity contribution is 5.72. The van der Waals surface area contributed by atoms with Crippen molar-refractivity contribution in [3.63, 3.8) is 0 Å². The topological polar surface area (TPSA) is 58.0 Å². The maximum atomic E-state index is 4.51. The second-order valence-corrected chi connectivity index (χ2v) is 5.01. The van der Waals surface area contributed by atoms with Crippen molar-refractivity contribution < 1.29 is 0 Å². The van der Waals surface area contributed by atoms with Crippen LogP contribution in [0.2, 0.25) is 0 Å². The van der Waals surface area contributed by atoms with Crippen LogP contribution in [0, 0.1) is 6.92 Å². The van der Waals surface area contributed by atoms with Gasteiger partial charge < -0.3 is 9.72 Å². The molecule has 0 aliphatic heterocycles. The molecule has 0 aliphatic carbocycles. The number of nitrogens with zero attached hydrogens (tertiary/aromatic N) is 3. The van der Waals surface area contributed by atoms with E-state index in [1.54, 1.807) is 0 Å². The van der Waals surface area contributed by atoms with Crippen molar-refractivity contribution >= 4 is 17.2 Å². The molecule has 0 atom stereocenters. The predicted octanol–water partition coefficient (Wildman–Crippen LogP) is 3.23. The number of imidazole rings is 1. The SMILES string of the molecule is Cc1cc(Nc2cccn3c(C(C)C)cnc23)n[nH]1. The second kappa shape index (κ2) is 4.42. The number of hydrogen-bond donors (Lipinski definition) is 2. The quantitative estimate of drug-likeness (QED) is 0.755. The summed E-state index contributed by atoms with van der Waals surface area (Å²) in [6, 6.07) is 5.99. The Morgan fingerprint density at radius 3 is 2.89 bits per heavy atom. The van der Waals surface area contributed by atoms with Crippen molar-refractivity contribution in [3.05, 3.63) is 42.0 Å². The lowest BCUT2D eigenvalue weighted by atomic mass is 10.1. The van der Waals surface area contributed by atoms with Gasteiger partial charge in [0.05, 0.1) is 5.69 Å². The van der Waals surface area contributed by atoms with Crippen molar-refractivity contribution in [1.29, 1.82) is 0 Å². The fourth-order valence-electron chi connectivity index (χ4n) is 2.17. The molecule has 19 heavy (non-hydrogen) atoms. The minimum atomic E-state index is 0.442. The Hall–Kier alpha value is -2.30. The van der Waals surface area contributed by atoms with Crippen molar-refractivity contribution in [2.24, 2.45) is 0 Å². The maximum Gasteiger partial charge on any atom is 0.160 e. The van der Waals surface area contributed by atoms with Gasteiger partial charge in [-0.2, -0.15) is 5.10 Å². The zero-order chi connectivity index (χ0) is 13.4. The average molecular weight is 255 g/mol. The molecule has 0 spiro atoms. The highest BCUT2D eigenvalue weighted by Crippen LogP contribution is 2.23. The van der Waals surface area contributed by atoms with Gasteiger partial charge in [0, 0.05) is 29.8 Å². The molecule has 0 aliphatic rings. The van der Waals surface area contributed by atoms with Gasteiger partial charge in [0.1, 0.15) is 0 Å². The smallest absolute Gasteiger partial charge is 0.160 e. The van der Waals surface area contributed by atoms with Crippen molar-refractivity contribution in [3.8, 4) is 0 Å². The lowest BCUT2D eigenvalue weighted by Crippen LogP contribution is -1.98. The Morgan fingerprint density at radius 1 is 1.37 bits per heavy atom. The van der Waals surface area contributed by atoms with E-state index in [4.69, 9.17) is 0 Å². The summed E-state index contributed by atoms with van der Waals surface area (Å²) in [6.45, 7) is 6.31. The summed E-state index contributed by atoms with van der Waals surface area (Å²) in [5.41, 5.74) is 4.12. The number of aryl methyl sites for hydroxylation is 1. The van der Waals surface area contributed by atoms with E-state index in [9.17, 15) is 0 Å². The van der Waals surface area contributed by atoms with Gasteiger partial charge in [-0.25, -0.2) is 4.98 Å². The number of aromatic nitrogens is 4. The van der Waals surface area contributed by atoms with E-state index in [1.165, 1.54) is 5.69 Å². The van der Waals surface area contributed by atoms with E-state index in [-0.39, 0.29) is 0 Å². The summed E-state index contributed by atoms with van der Waals surface area (Å²) in [5, 5.41) is 10.4. The number of H-pyrrole nitrogens is 1. The van der Waals surface area contributed by atoms with Crippen LogP contribution in [-0.4, -0.2) is 19.6 Å². The molecular weight excluding hydrogens is 238 g/mol. The van der Waals surface area contributed by atoms with Gasteiger partial charge in [-0.3, -0.25) is 5.10 Å². The molecule has 0 unspecified atom stereocenters. The van der Waals surface area contributed by atoms with Crippen LogP contribution in [0.15, 0.2) is 30.6 Å². The highest BCUT2D eigenvalue weighted by Gasteiger charge is 2.10. The number of aromatic amines is 1. The Labute approximate surface area is 111 Å². The molecule has 3 aromatic rings. The molecule has 0 amide bonds. The molecule has 5 nitrogen and oxygen atoms in total. The van der Waals surface area contributed by atoms with E-state index in [0.717, 1.165) is 22.8 Å². The van der Waals surface area contributed by atoms with Gasteiger partial charge in [0.2, 0.25) is 0 Å². The Kier molecular flexibility index (Phi) is 2.74. The largest absolute Gasteiger partial charge is 0.336 e. The first-order valence-corrected chi connectivity index (χ1v) is 6.40. The molecule has 0 fully saturated rings. The number of fused-ring (bicyclic) bond motifs is 1. The van der Waals surface area contributed by atoms with Crippen LogP contribution in [0.1, 0.15) is 31.2 Å². The molecule has 98 valence electrons. The van der Waals surface area contributed by atoms with Gasteiger partial charge >= 0.3 is 0 Å². The first-order chi connectivity index (χ1) is 9.15. The third-order valence-electron chi connectivity index (χ3n) is 3.12. The van der Waals surface area contributed by atoms with Crippen LogP contribution in [0.4, 0.5) is 11.5 Å². The van der Waals surface area contributed by atoms with E-state index < -0.39 is 0 Å².